The molecular formula is C15H24Cl2N2O2. The van der Waals surface area contributed by atoms with Crippen molar-refractivity contribution in [2.75, 3.05) is 33.4 Å². The Morgan fingerprint density at radius 1 is 1.43 bits per heavy atom. The standard InChI is InChI=1S/C15H23ClN2O2.ClH/c1-19-14-5-6-18(13(10-14)11-17)7-8-20-15-4-2-3-12(16)9-15;/h2-4,9,13-14H,5-8,10-11,17H2,1H3;1H. The molecule has 0 saturated carbocycles. The molecule has 1 fully saturated rings. The summed E-state index contributed by atoms with van der Waals surface area (Å²) >= 11 is 5.93. The van der Waals surface area contributed by atoms with Crippen molar-refractivity contribution in [3.8, 4) is 5.75 Å². The predicted molar refractivity (Wildman–Crippen MR) is 88.6 cm³/mol. The topological polar surface area (TPSA) is 47.7 Å². The fraction of sp³-hybridized carbons (Fsp3) is 0.600. The Morgan fingerprint density at radius 2 is 2.24 bits per heavy atom. The fourth-order valence-electron chi connectivity index (χ4n) is 2.65. The van der Waals surface area contributed by atoms with Crippen molar-refractivity contribution in [2.24, 2.45) is 5.73 Å². The quantitative estimate of drug-likeness (QED) is 0.868. The van der Waals surface area contributed by atoms with E-state index in [1.807, 2.05) is 24.3 Å². The van der Waals surface area contributed by atoms with Gasteiger partial charge < -0.3 is 15.2 Å². The number of piperidine rings is 1. The van der Waals surface area contributed by atoms with Crippen LogP contribution in [0.3, 0.4) is 0 Å². The molecule has 6 heteroatoms. The molecule has 1 aromatic carbocycles. The van der Waals surface area contributed by atoms with Crippen LogP contribution < -0.4 is 10.5 Å². The van der Waals surface area contributed by atoms with E-state index in [9.17, 15) is 0 Å². The van der Waals surface area contributed by atoms with Crippen molar-refractivity contribution in [1.29, 1.82) is 0 Å². The lowest BCUT2D eigenvalue weighted by molar-refractivity contribution is 0.00923. The SMILES string of the molecule is COC1CCN(CCOc2cccc(Cl)c2)C(CN)C1.Cl. The van der Waals surface area contributed by atoms with Crippen molar-refractivity contribution < 1.29 is 9.47 Å². The third kappa shape index (κ3) is 5.64. The largest absolute Gasteiger partial charge is 0.492 e. The zero-order chi connectivity index (χ0) is 14.4. The Balaban J connectivity index is 0.00000220. The molecule has 2 rings (SSSR count). The van der Waals surface area contributed by atoms with E-state index in [2.05, 4.69) is 4.90 Å². The molecule has 1 aliphatic heterocycles. The highest BCUT2D eigenvalue weighted by Gasteiger charge is 2.27. The summed E-state index contributed by atoms with van der Waals surface area (Å²) in [6, 6.07) is 7.87. The predicted octanol–water partition coefficient (Wildman–Crippen LogP) is 2.58. The van der Waals surface area contributed by atoms with Crippen LogP contribution in [0, 0.1) is 0 Å². The third-order valence-electron chi connectivity index (χ3n) is 3.84. The molecule has 120 valence electrons. The first kappa shape index (κ1) is 18.5. The smallest absolute Gasteiger partial charge is 0.120 e. The molecule has 2 unspecified atom stereocenters. The molecule has 2 atom stereocenters. The van der Waals surface area contributed by atoms with Gasteiger partial charge in [0, 0.05) is 37.8 Å². The summed E-state index contributed by atoms with van der Waals surface area (Å²) in [7, 11) is 1.77. The molecule has 4 nitrogen and oxygen atoms in total. The number of hydrogen-bond acceptors (Lipinski definition) is 4. The number of ether oxygens (including phenoxy) is 2. The second kappa shape index (κ2) is 9.49. The first-order valence-corrected chi connectivity index (χ1v) is 7.46. The fourth-order valence-corrected chi connectivity index (χ4v) is 2.83. The number of halogens is 2. The number of methoxy groups -OCH3 is 1. The van der Waals surface area contributed by atoms with Gasteiger partial charge in [0.05, 0.1) is 6.10 Å². The van der Waals surface area contributed by atoms with E-state index >= 15 is 0 Å². The molecule has 2 N–H and O–H groups in total. The normalized spacial score (nSPS) is 22.6. The molecule has 1 aromatic rings. The maximum Gasteiger partial charge on any atom is 0.120 e. The highest BCUT2D eigenvalue weighted by Crippen LogP contribution is 2.20. The number of nitrogens with two attached hydrogens (primary N) is 1. The van der Waals surface area contributed by atoms with Gasteiger partial charge >= 0.3 is 0 Å². The molecule has 0 spiro atoms. The van der Waals surface area contributed by atoms with Crippen molar-refractivity contribution in [3.63, 3.8) is 0 Å². The minimum atomic E-state index is 0. The van der Waals surface area contributed by atoms with Crippen molar-refractivity contribution in [2.45, 2.75) is 25.0 Å². The van der Waals surface area contributed by atoms with E-state index < -0.39 is 0 Å². The number of hydrogen-bond donors (Lipinski definition) is 1. The molecule has 0 radical (unpaired) electrons. The Kier molecular flexibility index (Phi) is 8.37. The number of nitrogens with zero attached hydrogens (tertiary/aromatic N) is 1. The second-order valence-corrected chi connectivity index (χ2v) is 5.55. The maximum absolute atomic E-state index is 5.93. The average Bonchev–Trinajstić information content (AvgIpc) is 2.47. The number of likely N-dealkylation sites (tertiary alicyclic amines) is 1. The summed E-state index contributed by atoms with van der Waals surface area (Å²) in [4.78, 5) is 2.39. The van der Waals surface area contributed by atoms with Crippen LogP contribution >= 0.6 is 24.0 Å². The summed E-state index contributed by atoms with van der Waals surface area (Å²) in [6.07, 6.45) is 2.41. The minimum absolute atomic E-state index is 0. The average molecular weight is 335 g/mol. The maximum atomic E-state index is 5.93. The van der Waals surface area contributed by atoms with Crippen LogP contribution in [0.15, 0.2) is 24.3 Å². The molecular weight excluding hydrogens is 311 g/mol. The summed E-state index contributed by atoms with van der Waals surface area (Å²) in [5.41, 5.74) is 5.86. The van der Waals surface area contributed by atoms with Crippen LogP contribution in [-0.2, 0) is 4.74 Å². The first-order valence-electron chi connectivity index (χ1n) is 7.08. The van der Waals surface area contributed by atoms with Gasteiger partial charge in [0.1, 0.15) is 12.4 Å². The lowest BCUT2D eigenvalue weighted by atomic mass is 9.99. The van der Waals surface area contributed by atoms with Gasteiger partial charge in [-0.05, 0) is 31.0 Å². The van der Waals surface area contributed by atoms with Gasteiger partial charge in [-0.2, -0.15) is 0 Å². The van der Waals surface area contributed by atoms with E-state index in [1.165, 1.54) is 0 Å². The van der Waals surface area contributed by atoms with Gasteiger partial charge in [0.15, 0.2) is 0 Å². The lowest BCUT2D eigenvalue weighted by Crippen LogP contribution is -2.49. The molecule has 0 amide bonds. The van der Waals surface area contributed by atoms with Gasteiger partial charge in [0.2, 0.25) is 0 Å². The molecule has 0 aliphatic carbocycles. The molecule has 0 aromatic heterocycles. The molecule has 21 heavy (non-hydrogen) atoms. The van der Waals surface area contributed by atoms with Gasteiger partial charge in [-0.3, -0.25) is 4.90 Å². The van der Waals surface area contributed by atoms with Crippen LogP contribution in [0.2, 0.25) is 5.02 Å². The van der Waals surface area contributed by atoms with Crippen LogP contribution in [0.1, 0.15) is 12.8 Å². The summed E-state index contributed by atoms with van der Waals surface area (Å²) in [5.74, 6) is 0.813. The summed E-state index contributed by atoms with van der Waals surface area (Å²) in [6.45, 7) is 3.20. The first-order chi connectivity index (χ1) is 9.72. The van der Waals surface area contributed by atoms with Gasteiger partial charge in [-0.25, -0.2) is 0 Å². The third-order valence-corrected chi connectivity index (χ3v) is 4.07. The molecule has 1 aliphatic rings. The second-order valence-electron chi connectivity index (χ2n) is 5.11. The van der Waals surface area contributed by atoms with E-state index in [0.717, 1.165) is 31.7 Å². The summed E-state index contributed by atoms with van der Waals surface area (Å²) < 4.78 is 11.2. The molecule has 1 saturated heterocycles. The van der Waals surface area contributed by atoms with E-state index in [1.54, 1.807) is 7.11 Å². The van der Waals surface area contributed by atoms with E-state index in [4.69, 9.17) is 26.8 Å². The Labute approximate surface area is 137 Å². The lowest BCUT2D eigenvalue weighted by Gasteiger charge is -2.38. The van der Waals surface area contributed by atoms with Crippen molar-refractivity contribution in [3.05, 3.63) is 29.3 Å². The van der Waals surface area contributed by atoms with Crippen LogP contribution in [0.25, 0.3) is 0 Å². The Bertz CT molecular complexity index is 420. The van der Waals surface area contributed by atoms with Crippen LogP contribution in [0.5, 0.6) is 5.75 Å². The van der Waals surface area contributed by atoms with Crippen LogP contribution in [0.4, 0.5) is 0 Å². The van der Waals surface area contributed by atoms with Crippen LogP contribution in [-0.4, -0.2) is 50.4 Å². The highest BCUT2D eigenvalue weighted by atomic mass is 35.5. The van der Waals surface area contributed by atoms with Gasteiger partial charge in [-0.1, -0.05) is 17.7 Å². The molecule has 1 heterocycles. The van der Waals surface area contributed by atoms with E-state index in [0.29, 0.717) is 30.3 Å². The Hall–Kier alpha value is -0.520. The van der Waals surface area contributed by atoms with Crippen molar-refractivity contribution >= 4 is 24.0 Å². The monoisotopic (exact) mass is 334 g/mol. The zero-order valence-electron chi connectivity index (χ0n) is 12.3. The zero-order valence-corrected chi connectivity index (χ0v) is 13.9. The van der Waals surface area contributed by atoms with Gasteiger partial charge in [-0.15, -0.1) is 12.4 Å². The summed E-state index contributed by atoms with van der Waals surface area (Å²) in [5, 5.41) is 0.697. The van der Waals surface area contributed by atoms with Gasteiger partial charge in [0.25, 0.3) is 0 Å². The number of rotatable bonds is 6. The number of benzene rings is 1. The molecule has 0 bridgehead atoms. The highest BCUT2D eigenvalue weighted by molar-refractivity contribution is 6.30. The Morgan fingerprint density at radius 3 is 2.90 bits per heavy atom. The van der Waals surface area contributed by atoms with E-state index in [-0.39, 0.29) is 12.4 Å². The minimum Gasteiger partial charge on any atom is -0.492 e. The van der Waals surface area contributed by atoms with Crippen molar-refractivity contribution in [1.82, 2.24) is 4.90 Å².